The van der Waals surface area contributed by atoms with Gasteiger partial charge in [-0.1, -0.05) is 5.16 Å². The molecule has 0 saturated heterocycles. The van der Waals surface area contributed by atoms with E-state index in [9.17, 15) is 13.2 Å². The van der Waals surface area contributed by atoms with Crippen LogP contribution in [0.3, 0.4) is 0 Å². The number of nitrogens with zero attached hydrogens (tertiary/aromatic N) is 5. The number of oxime groups is 1. The zero-order valence-electron chi connectivity index (χ0n) is 9.20. The van der Waals surface area contributed by atoms with Gasteiger partial charge in [-0.2, -0.15) is 18.3 Å². The molecule has 0 spiro atoms. The highest BCUT2D eigenvalue weighted by atomic mass is 19.4. The fraction of sp³-hybridized carbons (Fsp3) is 0.111. The van der Waals surface area contributed by atoms with Gasteiger partial charge < -0.3 is 10.9 Å². The Balaban J connectivity index is 2.51. The fourth-order valence-electron chi connectivity index (χ4n) is 1.31. The van der Waals surface area contributed by atoms with Crippen molar-refractivity contribution >= 4 is 5.84 Å². The number of amidine groups is 1. The van der Waals surface area contributed by atoms with Crippen LogP contribution in [0.1, 0.15) is 11.3 Å². The molecule has 0 atom stereocenters. The summed E-state index contributed by atoms with van der Waals surface area (Å²) in [6.07, 6.45) is -0.635. The Labute approximate surface area is 104 Å². The van der Waals surface area contributed by atoms with Crippen LogP contribution in [0.15, 0.2) is 29.9 Å². The van der Waals surface area contributed by atoms with Gasteiger partial charge in [0, 0.05) is 18.6 Å². The standard InChI is InChI=1S/C9H7F3N6O/c10-9(11,12)5-3-16-18(4-5)8-6(7(13)17-19)14-1-2-15-8/h1-4,19H,(H2,13,17). The zero-order chi connectivity index (χ0) is 14.0. The molecule has 2 aromatic rings. The number of aromatic nitrogens is 4. The Morgan fingerprint density at radius 1 is 1.32 bits per heavy atom. The van der Waals surface area contributed by atoms with Gasteiger partial charge >= 0.3 is 6.18 Å². The van der Waals surface area contributed by atoms with Gasteiger partial charge in [0.1, 0.15) is 0 Å². The lowest BCUT2D eigenvalue weighted by molar-refractivity contribution is -0.137. The first kappa shape index (κ1) is 12.8. The summed E-state index contributed by atoms with van der Waals surface area (Å²) >= 11 is 0. The van der Waals surface area contributed by atoms with Gasteiger partial charge in [-0.05, 0) is 0 Å². The summed E-state index contributed by atoms with van der Waals surface area (Å²) in [4.78, 5) is 7.59. The lowest BCUT2D eigenvalue weighted by Gasteiger charge is -2.05. The number of rotatable bonds is 2. The highest BCUT2D eigenvalue weighted by Gasteiger charge is 2.32. The normalized spacial score (nSPS) is 12.7. The molecule has 2 heterocycles. The van der Waals surface area contributed by atoms with Crippen LogP contribution < -0.4 is 5.73 Å². The van der Waals surface area contributed by atoms with Crippen LogP contribution in [0, 0.1) is 0 Å². The summed E-state index contributed by atoms with van der Waals surface area (Å²) in [7, 11) is 0. The van der Waals surface area contributed by atoms with Crippen molar-refractivity contribution in [3.63, 3.8) is 0 Å². The number of nitrogens with two attached hydrogens (primary N) is 1. The van der Waals surface area contributed by atoms with E-state index < -0.39 is 11.7 Å². The van der Waals surface area contributed by atoms with Crippen molar-refractivity contribution in [3.8, 4) is 5.82 Å². The molecule has 0 saturated carbocycles. The fourth-order valence-corrected chi connectivity index (χ4v) is 1.31. The number of alkyl halides is 3. The van der Waals surface area contributed by atoms with Gasteiger partial charge in [-0.15, -0.1) is 0 Å². The molecular formula is C9H7F3N6O. The highest BCUT2D eigenvalue weighted by Crippen LogP contribution is 2.29. The Kier molecular flexibility index (Phi) is 3.07. The van der Waals surface area contributed by atoms with E-state index in [1.54, 1.807) is 0 Å². The van der Waals surface area contributed by atoms with Crippen LogP contribution in [0.4, 0.5) is 13.2 Å². The second-order valence-electron chi connectivity index (χ2n) is 3.39. The lowest BCUT2D eigenvalue weighted by Crippen LogP contribution is -2.19. The van der Waals surface area contributed by atoms with Gasteiger partial charge in [-0.25, -0.2) is 14.6 Å². The SMILES string of the molecule is NC(=NO)c1nccnc1-n1cc(C(F)(F)F)cn1. The lowest BCUT2D eigenvalue weighted by atomic mass is 10.3. The first-order chi connectivity index (χ1) is 8.93. The average Bonchev–Trinajstić information content (AvgIpc) is 2.87. The molecule has 19 heavy (non-hydrogen) atoms. The number of hydrogen-bond acceptors (Lipinski definition) is 5. The Morgan fingerprint density at radius 2 is 2.00 bits per heavy atom. The van der Waals surface area contributed by atoms with Crippen molar-refractivity contribution in [3.05, 3.63) is 36.0 Å². The molecule has 0 aromatic carbocycles. The smallest absolute Gasteiger partial charge is 0.409 e. The topological polar surface area (TPSA) is 102 Å². The molecule has 0 fully saturated rings. The Hall–Kier alpha value is -2.65. The predicted molar refractivity (Wildman–Crippen MR) is 56.7 cm³/mol. The monoisotopic (exact) mass is 272 g/mol. The van der Waals surface area contributed by atoms with E-state index in [2.05, 4.69) is 20.2 Å². The number of halogens is 3. The second kappa shape index (κ2) is 4.55. The summed E-state index contributed by atoms with van der Waals surface area (Å²) < 4.78 is 38.2. The van der Waals surface area contributed by atoms with E-state index in [1.165, 1.54) is 12.4 Å². The molecule has 2 rings (SSSR count). The van der Waals surface area contributed by atoms with Gasteiger partial charge in [-0.3, -0.25) is 0 Å². The first-order valence-corrected chi connectivity index (χ1v) is 4.84. The van der Waals surface area contributed by atoms with Crippen LogP contribution in [0.2, 0.25) is 0 Å². The second-order valence-corrected chi connectivity index (χ2v) is 3.39. The van der Waals surface area contributed by atoms with Gasteiger partial charge in [0.05, 0.1) is 11.8 Å². The summed E-state index contributed by atoms with van der Waals surface area (Å²) in [5, 5.41) is 14.8. The van der Waals surface area contributed by atoms with Crippen LogP contribution in [0.5, 0.6) is 0 Å². The number of hydrogen-bond donors (Lipinski definition) is 2. The molecule has 0 amide bonds. The predicted octanol–water partition coefficient (Wildman–Crippen LogP) is 0.776. The van der Waals surface area contributed by atoms with Gasteiger partial charge in [0.2, 0.25) is 0 Å². The summed E-state index contributed by atoms with van der Waals surface area (Å²) in [6.45, 7) is 0. The average molecular weight is 272 g/mol. The van der Waals surface area contributed by atoms with Crippen molar-refractivity contribution in [1.82, 2.24) is 19.7 Å². The molecule has 0 aliphatic rings. The summed E-state index contributed by atoms with van der Waals surface area (Å²) in [5.74, 6) is -0.458. The molecule has 0 bridgehead atoms. The molecule has 0 aliphatic carbocycles. The van der Waals surface area contributed by atoms with Crippen molar-refractivity contribution in [2.45, 2.75) is 6.18 Å². The van der Waals surface area contributed by atoms with Crippen LogP contribution >= 0.6 is 0 Å². The minimum Gasteiger partial charge on any atom is -0.409 e. The third-order valence-corrected chi connectivity index (χ3v) is 2.16. The third-order valence-electron chi connectivity index (χ3n) is 2.16. The molecule has 100 valence electrons. The first-order valence-electron chi connectivity index (χ1n) is 4.84. The maximum Gasteiger partial charge on any atom is 0.419 e. The molecule has 0 aliphatic heterocycles. The Bertz CT molecular complexity index is 620. The van der Waals surface area contributed by atoms with Gasteiger partial charge in [0.25, 0.3) is 0 Å². The van der Waals surface area contributed by atoms with E-state index in [4.69, 9.17) is 10.9 Å². The largest absolute Gasteiger partial charge is 0.419 e. The molecule has 3 N–H and O–H groups in total. The van der Waals surface area contributed by atoms with Crippen LogP contribution in [-0.2, 0) is 6.18 Å². The van der Waals surface area contributed by atoms with E-state index in [-0.39, 0.29) is 17.3 Å². The van der Waals surface area contributed by atoms with Crippen molar-refractivity contribution < 1.29 is 18.4 Å². The Morgan fingerprint density at radius 3 is 2.58 bits per heavy atom. The molecule has 2 aromatic heterocycles. The van der Waals surface area contributed by atoms with Crippen LogP contribution in [0.25, 0.3) is 5.82 Å². The summed E-state index contributed by atoms with van der Waals surface area (Å²) in [6, 6.07) is 0. The minimum atomic E-state index is -4.52. The van der Waals surface area contributed by atoms with Crippen molar-refractivity contribution in [2.24, 2.45) is 10.9 Å². The molecule has 7 nitrogen and oxygen atoms in total. The molecule has 0 radical (unpaired) electrons. The highest BCUT2D eigenvalue weighted by molar-refractivity contribution is 5.97. The molecule has 0 unspecified atom stereocenters. The van der Waals surface area contributed by atoms with E-state index >= 15 is 0 Å². The molecule has 10 heteroatoms. The third kappa shape index (κ3) is 2.46. The summed E-state index contributed by atoms with van der Waals surface area (Å²) in [5.41, 5.74) is 4.34. The zero-order valence-corrected chi connectivity index (χ0v) is 9.20. The van der Waals surface area contributed by atoms with Crippen molar-refractivity contribution in [2.75, 3.05) is 0 Å². The van der Waals surface area contributed by atoms with Crippen LogP contribution in [-0.4, -0.2) is 30.8 Å². The van der Waals surface area contributed by atoms with E-state index in [0.29, 0.717) is 6.20 Å². The van der Waals surface area contributed by atoms with E-state index in [0.717, 1.165) is 10.9 Å². The van der Waals surface area contributed by atoms with Crippen molar-refractivity contribution in [1.29, 1.82) is 0 Å². The quantitative estimate of drug-likeness (QED) is 0.364. The molecular weight excluding hydrogens is 265 g/mol. The maximum atomic E-state index is 12.5. The maximum absolute atomic E-state index is 12.5. The minimum absolute atomic E-state index is 0.0756. The van der Waals surface area contributed by atoms with E-state index in [1.807, 2.05) is 0 Å². The van der Waals surface area contributed by atoms with Gasteiger partial charge in [0.15, 0.2) is 17.3 Å².